The molecule has 2 rings (SSSR count). The number of benzene rings is 2. The topological polar surface area (TPSA) is 123 Å². The van der Waals surface area contributed by atoms with Gasteiger partial charge in [0.2, 0.25) is 0 Å². The maximum Gasteiger partial charge on any atom is 0.475 e. The molecule has 0 aromatic heterocycles. The maximum atomic E-state index is 12.9. The molecule has 0 radical (unpaired) electrons. The fraction of sp³-hybridized carbons (Fsp3) is 0.333. The van der Waals surface area contributed by atoms with E-state index in [1.54, 1.807) is 36.4 Å². The first kappa shape index (κ1) is 24.7. The van der Waals surface area contributed by atoms with Gasteiger partial charge in [0.15, 0.2) is 0 Å². The molecular weight excluding hydrogens is 425 g/mol. The first-order valence-electron chi connectivity index (χ1n) is 9.55. The van der Waals surface area contributed by atoms with Crippen LogP contribution in [0, 0.1) is 0 Å². The molecule has 10 heteroatoms. The Balaban J connectivity index is 1.87. The van der Waals surface area contributed by atoms with Gasteiger partial charge in [-0.3, -0.25) is 23.2 Å². The van der Waals surface area contributed by atoms with Gasteiger partial charge in [0, 0.05) is 6.92 Å². The van der Waals surface area contributed by atoms with Gasteiger partial charge in [-0.25, -0.2) is 4.57 Å². The van der Waals surface area contributed by atoms with Gasteiger partial charge < -0.3 is 15.2 Å². The molecule has 31 heavy (non-hydrogen) atoms. The van der Waals surface area contributed by atoms with Crippen molar-refractivity contribution in [1.29, 1.82) is 0 Å². The highest BCUT2D eigenvalue weighted by Gasteiger charge is 2.30. The van der Waals surface area contributed by atoms with Crippen molar-refractivity contribution in [3.05, 3.63) is 71.8 Å². The zero-order valence-electron chi connectivity index (χ0n) is 17.2. The zero-order chi connectivity index (χ0) is 22.5. The standard InChI is InChI=1S/C21H26NO8P/c1-17(23)26-12-13-28-31(25,29-15-19-10-6-3-7-11-19)30-16-20(22)21(24)27-14-18-8-4-2-5-9-18/h2-11,20H,12-16,22H2,1H3/t20-,31?/m0/s1. The van der Waals surface area contributed by atoms with E-state index in [0.717, 1.165) is 11.1 Å². The zero-order valence-corrected chi connectivity index (χ0v) is 18.1. The summed E-state index contributed by atoms with van der Waals surface area (Å²) < 4.78 is 38.6. The lowest BCUT2D eigenvalue weighted by Gasteiger charge is -2.20. The maximum absolute atomic E-state index is 12.9. The van der Waals surface area contributed by atoms with Crippen LogP contribution in [0.1, 0.15) is 18.1 Å². The molecule has 0 amide bonds. The molecule has 2 atom stereocenters. The average Bonchev–Trinajstić information content (AvgIpc) is 2.79. The molecule has 2 aromatic rings. The van der Waals surface area contributed by atoms with E-state index in [1.807, 2.05) is 24.3 Å². The predicted octanol–water partition coefficient (Wildman–Crippen LogP) is 2.98. The van der Waals surface area contributed by atoms with E-state index in [4.69, 9.17) is 28.8 Å². The van der Waals surface area contributed by atoms with Crippen molar-refractivity contribution in [2.45, 2.75) is 26.2 Å². The van der Waals surface area contributed by atoms with Crippen LogP contribution in [0.25, 0.3) is 0 Å². The van der Waals surface area contributed by atoms with Crippen molar-refractivity contribution >= 4 is 19.8 Å². The second kappa shape index (κ2) is 13.0. The number of hydrogen-bond acceptors (Lipinski definition) is 9. The molecular formula is C21H26NO8P. The highest BCUT2D eigenvalue weighted by molar-refractivity contribution is 7.48. The first-order valence-corrected chi connectivity index (χ1v) is 11.0. The number of carbonyl (C=O) groups excluding carboxylic acids is 2. The fourth-order valence-corrected chi connectivity index (χ4v) is 3.42. The van der Waals surface area contributed by atoms with Gasteiger partial charge in [0.1, 0.15) is 19.3 Å². The van der Waals surface area contributed by atoms with Crippen LogP contribution in [-0.4, -0.2) is 37.8 Å². The Kier molecular flexibility index (Phi) is 10.4. The average molecular weight is 451 g/mol. The SMILES string of the molecule is CC(=O)OCCOP(=O)(OCc1ccccc1)OC[C@H](N)C(=O)OCc1ccccc1. The van der Waals surface area contributed by atoms with Crippen LogP contribution >= 0.6 is 7.82 Å². The summed E-state index contributed by atoms with van der Waals surface area (Å²) >= 11 is 0. The highest BCUT2D eigenvalue weighted by Crippen LogP contribution is 2.50. The van der Waals surface area contributed by atoms with Crippen LogP contribution in [0.3, 0.4) is 0 Å². The molecule has 168 valence electrons. The van der Waals surface area contributed by atoms with Crippen molar-refractivity contribution in [2.24, 2.45) is 5.73 Å². The smallest absolute Gasteiger partial charge is 0.463 e. The van der Waals surface area contributed by atoms with Crippen LogP contribution in [-0.2, 0) is 50.4 Å². The van der Waals surface area contributed by atoms with E-state index >= 15 is 0 Å². The lowest BCUT2D eigenvalue weighted by molar-refractivity contribution is -0.147. The van der Waals surface area contributed by atoms with E-state index in [1.165, 1.54) is 6.92 Å². The van der Waals surface area contributed by atoms with Gasteiger partial charge >= 0.3 is 19.8 Å². The number of hydrogen-bond donors (Lipinski definition) is 1. The van der Waals surface area contributed by atoms with Crippen molar-refractivity contribution in [3.63, 3.8) is 0 Å². The Morgan fingerprint density at radius 1 is 0.839 bits per heavy atom. The lowest BCUT2D eigenvalue weighted by atomic mass is 10.2. The van der Waals surface area contributed by atoms with Crippen molar-refractivity contribution in [1.82, 2.24) is 0 Å². The number of carbonyl (C=O) groups is 2. The molecule has 0 spiro atoms. The summed E-state index contributed by atoms with van der Waals surface area (Å²) in [6.45, 7) is 0.422. The summed E-state index contributed by atoms with van der Waals surface area (Å²) in [5.41, 5.74) is 7.33. The Morgan fingerprint density at radius 2 is 1.42 bits per heavy atom. The second-order valence-electron chi connectivity index (χ2n) is 6.38. The van der Waals surface area contributed by atoms with Gasteiger partial charge in [-0.1, -0.05) is 60.7 Å². The second-order valence-corrected chi connectivity index (χ2v) is 8.04. The van der Waals surface area contributed by atoms with Crippen LogP contribution in [0.15, 0.2) is 60.7 Å². The summed E-state index contributed by atoms with van der Waals surface area (Å²) in [6.07, 6.45) is 0. The van der Waals surface area contributed by atoms with Crippen molar-refractivity contribution in [3.8, 4) is 0 Å². The molecule has 1 unspecified atom stereocenters. The monoisotopic (exact) mass is 451 g/mol. The van der Waals surface area contributed by atoms with E-state index in [-0.39, 0.29) is 26.4 Å². The van der Waals surface area contributed by atoms with E-state index in [9.17, 15) is 14.2 Å². The van der Waals surface area contributed by atoms with Gasteiger partial charge in [-0.15, -0.1) is 0 Å². The van der Waals surface area contributed by atoms with Crippen LogP contribution in [0.4, 0.5) is 0 Å². The molecule has 0 aliphatic rings. The van der Waals surface area contributed by atoms with E-state index in [2.05, 4.69) is 0 Å². The normalized spacial score (nSPS) is 13.7. The van der Waals surface area contributed by atoms with E-state index in [0.29, 0.717) is 0 Å². The highest BCUT2D eigenvalue weighted by atomic mass is 31.2. The summed E-state index contributed by atoms with van der Waals surface area (Å²) in [5.74, 6) is -1.23. The quantitative estimate of drug-likeness (QED) is 0.278. The molecule has 0 heterocycles. The summed E-state index contributed by atoms with van der Waals surface area (Å²) in [4.78, 5) is 22.9. The largest absolute Gasteiger partial charge is 0.475 e. The Bertz CT molecular complexity index is 862. The molecule has 0 bridgehead atoms. The Hall–Kier alpha value is -2.55. The van der Waals surface area contributed by atoms with Gasteiger partial charge in [-0.2, -0.15) is 0 Å². The minimum absolute atomic E-state index is 0.0500. The van der Waals surface area contributed by atoms with Crippen LogP contribution < -0.4 is 5.73 Å². The van der Waals surface area contributed by atoms with Crippen LogP contribution in [0.5, 0.6) is 0 Å². The van der Waals surface area contributed by atoms with Crippen molar-refractivity contribution in [2.75, 3.05) is 19.8 Å². The molecule has 0 aliphatic heterocycles. The summed E-state index contributed by atoms with van der Waals surface area (Å²) in [6, 6.07) is 16.9. The Morgan fingerprint density at radius 3 is 2.00 bits per heavy atom. The number of ether oxygens (including phenoxy) is 2. The summed E-state index contributed by atoms with van der Waals surface area (Å²) in [7, 11) is -4.09. The third-order valence-corrected chi connectivity index (χ3v) is 5.22. The molecule has 0 aliphatic carbocycles. The number of phosphoric ester groups is 1. The molecule has 0 saturated carbocycles. The van der Waals surface area contributed by atoms with Gasteiger partial charge in [0.25, 0.3) is 0 Å². The number of rotatable bonds is 13. The van der Waals surface area contributed by atoms with E-state index < -0.39 is 32.4 Å². The minimum atomic E-state index is -4.09. The van der Waals surface area contributed by atoms with Gasteiger partial charge in [-0.05, 0) is 11.1 Å². The molecule has 0 saturated heterocycles. The molecule has 2 N–H and O–H groups in total. The van der Waals surface area contributed by atoms with Gasteiger partial charge in [0.05, 0.1) is 19.8 Å². The first-order chi connectivity index (χ1) is 14.9. The lowest BCUT2D eigenvalue weighted by Crippen LogP contribution is -2.36. The molecule has 9 nitrogen and oxygen atoms in total. The third-order valence-electron chi connectivity index (χ3n) is 3.81. The number of esters is 2. The van der Waals surface area contributed by atoms with Crippen LogP contribution in [0.2, 0.25) is 0 Å². The number of nitrogens with two attached hydrogens (primary N) is 1. The minimum Gasteiger partial charge on any atom is -0.463 e. The molecule has 2 aromatic carbocycles. The number of phosphoric acid groups is 1. The summed E-state index contributed by atoms with van der Waals surface area (Å²) in [5, 5.41) is 0. The third kappa shape index (κ3) is 9.87. The predicted molar refractivity (Wildman–Crippen MR) is 112 cm³/mol. The molecule has 0 fully saturated rings. The Labute approximate surface area is 181 Å². The fourth-order valence-electron chi connectivity index (χ4n) is 2.25. The van der Waals surface area contributed by atoms with Crippen molar-refractivity contribution < 1.29 is 37.2 Å².